The molecule has 8 heteroatoms. The molecular weight excluding hydrogens is 332 g/mol. The topological polar surface area (TPSA) is 127 Å². The van der Waals surface area contributed by atoms with E-state index in [2.05, 4.69) is 0 Å². The van der Waals surface area contributed by atoms with E-state index >= 15 is 0 Å². The summed E-state index contributed by atoms with van der Waals surface area (Å²) in [6.07, 6.45) is 2.81. The molecule has 0 heterocycles. The Balaban J connectivity index is 3.98. The lowest BCUT2D eigenvalue weighted by atomic mass is 10.2. The van der Waals surface area contributed by atoms with E-state index in [9.17, 15) is 19.2 Å². The number of esters is 2. The van der Waals surface area contributed by atoms with Gasteiger partial charge in [-0.25, -0.2) is 0 Å². The van der Waals surface area contributed by atoms with Gasteiger partial charge in [-0.1, -0.05) is 13.3 Å². The van der Waals surface area contributed by atoms with Crippen LogP contribution in [-0.4, -0.2) is 46.8 Å². The first-order valence-corrected chi connectivity index (χ1v) is 8.63. The number of hydrogen-bond donors (Lipinski definition) is 2. The molecule has 0 aromatic carbocycles. The number of carbonyl (C=O) groups is 4. The average molecular weight is 360 g/mol. The number of unbranched alkanes of at least 4 members (excludes halogenated alkanes) is 2. The average Bonchev–Trinajstić information content (AvgIpc) is 2.53. The van der Waals surface area contributed by atoms with Crippen molar-refractivity contribution >= 4 is 23.9 Å². The van der Waals surface area contributed by atoms with Crippen LogP contribution < -0.4 is 0 Å². The van der Waals surface area contributed by atoms with Crippen LogP contribution in [0.5, 0.6) is 0 Å². The van der Waals surface area contributed by atoms with Crippen LogP contribution in [0.1, 0.15) is 71.1 Å². The van der Waals surface area contributed by atoms with Crippen LogP contribution in [0, 0.1) is 0 Å². The van der Waals surface area contributed by atoms with Gasteiger partial charge in [-0.3, -0.25) is 19.2 Å². The summed E-state index contributed by atoms with van der Waals surface area (Å²) < 4.78 is 10.3. The van der Waals surface area contributed by atoms with Gasteiger partial charge in [0.05, 0.1) is 0 Å². The standard InChI is InChI=1S/C17H28O8/c1-2-7-13(25-17(23)11-6-4-9-15(20)21)12-24-16(22)10-5-3-8-14(18)19/h13H,2-12H2,1H3,(H,18,19)(H,20,21). The van der Waals surface area contributed by atoms with Crippen molar-refractivity contribution in [1.82, 2.24) is 0 Å². The lowest BCUT2D eigenvalue weighted by molar-refractivity contribution is -0.159. The molecule has 144 valence electrons. The molecule has 25 heavy (non-hydrogen) atoms. The Morgan fingerprint density at radius 3 is 1.76 bits per heavy atom. The van der Waals surface area contributed by atoms with Gasteiger partial charge in [-0.15, -0.1) is 0 Å². The number of aliphatic carboxylic acids is 2. The Bertz CT molecular complexity index is 432. The molecule has 1 atom stereocenters. The quantitative estimate of drug-likeness (QED) is 0.337. The lowest BCUT2D eigenvalue weighted by Crippen LogP contribution is -2.25. The van der Waals surface area contributed by atoms with Crippen LogP contribution in [0.4, 0.5) is 0 Å². The maximum absolute atomic E-state index is 11.7. The molecule has 0 aromatic rings. The Labute approximate surface area is 147 Å². The van der Waals surface area contributed by atoms with Crippen molar-refractivity contribution in [2.45, 2.75) is 77.2 Å². The fraction of sp³-hybridized carbons (Fsp3) is 0.765. The molecule has 0 fully saturated rings. The van der Waals surface area contributed by atoms with Gasteiger partial charge >= 0.3 is 23.9 Å². The molecule has 2 N–H and O–H groups in total. The Kier molecular flexibility index (Phi) is 13.0. The molecule has 0 spiro atoms. The molecule has 0 saturated heterocycles. The predicted octanol–water partition coefficient (Wildman–Crippen LogP) is 2.53. The van der Waals surface area contributed by atoms with Crippen LogP contribution in [0.25, 0.3) is 0 Å². The minimum Gasteiger partial charge on any atom is -0.481 e. The molecular formula is C17H28O8. The SMILES string of the molecule is CCCC(COC(=O)CCCCC(=O)O)OC(=O)CCCCC(=O)O. The number of hydrogen-bond acceptors (Lipinski definition) is 6. The zero-order valence-electron chi connectivity index (χ0n) is 14.7. The van der Waals surface area contributed by atoms with Crippen LogP contribution in [-0.2, 0) is 28.7 Å². The van der Waals surface area contributed by atoms with Crippen molar-refractivity contribution in [3.8, 4) is 0 Å². The van der Waals surface area contributed by atoms with Gasteiger partial charge in [0.1, 0.15) is 12.7 Å². The van der Waals surface area contributed by atoms with Crippen LogP contribution in [0.3, 0.4) is 0 Å². The third-order valence-corrected chi connectivity index (χ3v) is 3.38. The van der Waals surface area contributed by atoms with Crippen molar-refractivity contribution in [3.63, 3.8) is 0 Å². The highest BCUT2D eigenvalue weighted by Gasteiger charge is 2.16. The molecule has 0 aliphatic carbocycles. The van der Waals surface area contributed by atoms with Gasteiger partial charge in [0.2, 0.25) is 0 Å². The second kappa shape index (κ2) is 14.2. The van der Waals surface area contributed by atoms with Crippen molar-refractivity contribution in [2.24, 2.45) is 0 Å². The van der Waals surface area contributed by atoms with Gasteiger partial charge in [0.15, 0.2) is 0 Å². The van der Waals surface area contributed by atoms with Gasteiger partial charge in [-0.05, 0) is 32.1 Å². The summed E-state index contributed by atoms with van der Waals surface area (Å²) in [4.78, 5) is 44.1. The molecule has 0 aromatic heterocycles. The van der Waals surface area contributed by atoms with Crippen molar-refractivity contribution in [3.05, 3.63) is 0 Å². The number of carbonyl (C=O) groups excluding carboxylic acids is 2. The normalized spacial score (nSPS) is 11.6. The van der Waals surface area contributed by atoms with Crippen molar-refractivity contribution in [2.75, 3.05) is 6.61 Å². The largest absolute Gasteiger partial charge is 0.481 e. The number of carboxylic acid groups (broad SMARTS) is 2. The number of ether oxygens (including phenoxy) is 2. The summed E-state index contributed by atoms with van der Waals surface area (Å²) in [5, 5.41) is 17.0. The van der Waals surface area contributed by atoms with Gasteiger partial charge in [0, 0.05) is 25.7 Å². The molecule has 0 radical (unpaired) electrons. The van der Waals surface area contributed by atoms with Crippen molar-refractivity contribution in [1.29, 1.82) is 0 Å². The zero-order chi connectivity index (χ0) is 19.1. The van der Waals surface area contributed by atoms with Gasteiger partial charge < -0.3 is 19.7 Å². The highest BCUT2D eigenvalue weighted by atomic mass is 16.6. The first kappa shape index (κ1) is 22.9. The summed E-state index contributed by atoms with van der Waals surface area (Å²) in [7, 11) is 0. The Morgan fingerprint density at radius 2 is 1.28 bits per heavy atom. The van der Waals surface area contributed by atoms with E-state index < -0.39 is 30.0 Å². The molecule has 0 bridgehead atoms. The maximum Gasteiger partial charge on any atom is 0.306 e. The van der Waals surface area contributed by atoms with E-state index in [1.54, 1.807) is 0 Å². The highest BCUT2D eigenvalue weighted by molar-refractivity contribution is 5.71. The summed E-state index contributed by atoms with van der Waals surface area (Å²) in [6, 6.07) is 0. The van der Waals surface area contributed by atoms with E-state index in [1.165, 1.54) is 0 Å². The molecule has 0 saturated carbocycles. The fourth-order valence-electron chi connectivity index (χ4n) is 2.09. The molecule has 0 aliphatic heterocycles. The second-order valence-corrected chi connectivity index (χ2v) is 5.79. The van der Waals surface area contributed by atoms with Crippen LogP contribution in [0.15, 0.2) is 0 Å². The summed E-state index contributed by atoms with van der Waals surface area (Å²) >= 11 is 0. The molecule has 0 aliphatic rings. The molecule has 0 amide bonds. The first-order valence-electron chi connectivity index (χ1n) is 8.63. The monoisotopic (exact) mass is 360 g/mol. The van der Waals surface area contributed by atoms with E-state index in [0.717, 1.165) is 6.42 Å². The van der Waals surface area contributed by atoms with Crippen LogP contribution >= 0.6 is 0 Å². The second-order valence-electron chi connectivity index (χ2n) is 5.79. The predicted molar refractivity (Wildman–Crippen MR) is 88.0 cm³/mol. The van der Waals surface area contributed by atoms with E-state index in [-0.39, 0.29) is 32.3 Å². The molecule has 8 nitrogen and oxygen atoms in total. The minimum absolute atomic E-state index is 0.0190. The van der Waals surface area contributed by atoms with Crippen molar-refractivity contribution < 1.29 is 38.9 Å². The lowest BCUT2D eigenvalue weighted by Gasteiger charge is -2.17. The zero-order valence-corrected chi connectivity index (χ0v) is 14.7. The van der Waals surface area contributed by atoms with Gasteiger partial charge in [-0.2, -0.15) is 0 Å². The van der Waals surface area contributed by atoms with E-state index in [1.807, 2.05) is 6.92 Å². The molecule has 0 rings (SSSR count). The number of carboxylic acids is 2. The van der Waals surface area contributed by atoms with Gasteiger partial charge in [0.25, 0.3) is 0 Å². The summed E-state index contributed by atoms with van der Waals surface area (Å²) in [5.41, 5.74) is 0. The molecule has 1 unspecified atom stereocenters. The fourth-order valence-corrected chi connectivity index (χ4v) is 2.09. The highest BCUT2D eigenvalue weighted by Crippen LogP contribution is 2.09. The number of rotatable bonds is 15. The third kappa shape index (κ3) is 15.2. The Hall–Kier alpha value is -2.12. The summed E-state index contributed by atoms with van der Waals surface area (Å²) in [6.45, 7) is 1.90. The first-order chi connectivity index (χ1) is 11.8. The van der Waals surface area contributed by atoms with E-state index in [4.69, 9.17) is 19.7 Å². The van der Waals surface area contributed by atoms with Crippen LogP contribution in [0.2, 0.25) is 0 Å². The maximum atomic E-state index is 11.7. The third-order valence-electron chi connectivity index (χ3n) is 3.38. The summed E-state index contributed by atoms with van der Waals surface area (Å²) in [5.74, 6) is -2.66. The Morgan fingerprint density at radius 1 is 0.800 bits per heavy atom. The minimum atomic E-state index is -0.897. The smallest absolute Gasteiger partial charge is 0.306 e. The van der Waals surface area contributed by atoms with E-state index in [0.29, 0.717) is 32.1 Å².